The van der Waals surface area contributed by atoms with Crippen LogP contribution in [0.25, 0.3) is 0 Å². The Labute approximate surface area is 199 Å². The van der Waals surface area contributed by atoms with Gasteiger partial charge in [0.25, 0.3) is 11.8 Å². The van der Waals surface area contributed by atoms with Gasteiger partial charge in [0.05, 0.1) is 22.9 Å². The van der Waals surface area contributed by atoms with Gasteiger partial charge in [0.2, 0.25) is 0 Å². The Morgan fingerprint density at radius 2 is 1.29 bits per heavy atom. The molecule has 1 atom stereocenters. The molecular formula is C29H26N2O3. The fourth-order valence-electron chi connectivity index (χ4n) is 3.59. The minimum absolute atomic E-state index is 0.176. The van der Waals surface area contributed by atoms with Crippen molar-refractivity contribution in [3.05, 3.63) is 131 Å². The maximum absolute atomic E-state index is 13.1. The third-order valence-corrected chi connectivity index (χ3v) is 5.44. The molecule has 2 N–H and O–H groups in total. The van der Waals surface area contributed by atoms with Gasteiger partial charge in [-0.05, 0) is 42.3 Å². The number of carbonyl (C=O) groups excluding carboxylic acids is 2. The highest BCUT2D eigenvalue weighted by molar-refractivity contribution is 6.10. The average Bonchev–Trinajstić information content (AvgIpc) is 2.89. The van der Waals surface area contributed by atoms with Crippen molar-refractivity contribution in [1.82, 2.24) is 5.32 Å². The van der Waals surface area contributed by atoms with Crippen molar-refractivity contribution in [2.45, 2.75) is 19.6 Å². The van der Waals surface area contributed by atoms with E-state index in [1.807, 2.05) is 73.7 Å². The Hall–Kier alpha value is -4.38. The number of carbonyl (C=O) groups is 2. The van der Waals surface area contributed by atoms with Gasteiger partial charge in [0.1, 0.15) is 12.4 Å². The minimum Gasteiger partial charge on any atom is -0.488 e. The van der Waals surface area contributed by atoms with Crippen LogP contribution in [0.2, 0.25) is 0 Å². The molecule has 1 unspecified atom stereocenters. The van der Waals surface area contributed by atoms with Gasteiger partial charge in [-0.3, -0.25) is 9.59 Å². The highest BCUT2D eigenvalue weighted by Gasteiger charge is 2.18. The highest BCUT2D eigenvalue weighted by atomic mass is 16.5. The van der Waals surface area contributed by atoms with E-state index >= 15 is 0 Å². The summed E-state index contributed by atoms with van der Waals surface area (Å²) in [4.78, 5) is 26.1. The van der Waals surface area contributed by atoms with Gasteiger partial charge in [-0.1, -0.05) is 84.9 Å². The summed E-state index contributed by atoms with van der Waals surface area (Å²) in [5, 5.41) is 5.88. The zero-order valence-corrected chi connectivity index (χ0v) is 18.9. The molecular weight excluding hydrogens is 424 g/mol. The van der Waals surface area contributed by atoms with Crippen molar-refractivity contribution in [3.63, 3.8) is 0 Å². The second-order valence-electron chi connectivity index (χ2n) is 7.88. The van der Waals surface area contributed by atoms with Crippen LogP contribution in [0.15, 0.2) is 109 Å². The number of benzene rings is 4. The van der Waals surface area contributed by atoms with Gasteiger partial charge in [0, 0.05) is 0 Å². The Bertz CT molecular complexity index is 1260. The summed E-state index contributed by atoms with van der Waals surface area (Å²) < 4.78 is 5.92. The van der Waals surface area contributed by atoms with Crippen LogP contribution >= 0.6 is 0 Å². The zero-order valence-electron chi connectivity index (χ0n) is 18.9. The summed E-state index contributed by atoms with van der Waals surface area (Å²) in [5.41, 5.74) is 3.23. The molecule has 0 spiro atoms. The largest absolute Gasteiger partial charge is 0.488 e. The number of hydrogen-bond donors (Lipinski definition) is 2. The maximum atomic E-state index is 13.1. The molecule has 4 aromatic rings. The Balaban J connectivity index is 1.48. The lowest BCUT2D eigenvalue weighted by Crippen LogP contribution is -2.28. The van der Waals surface area contributed by atoms with Crippen molar-refractivity contribution in [2.75, 3.05) is 5.32 Å². The van der Waals surface area contributed by atoms with E-state index in [4.69, 9.17) is 4.74 Å². The van der Waals surface area contributed by atoms with E-state index in [0.717, 1.165) is 11.1 Å². The number of para-hydroxylation sites is 2. The number of rotatable bonds is 8. The molecule has 0 aliphatic carbocycles. The van der Waals surface area contributed by atoms with Gasteiger partial charge in [0.15, 0.2) is 0 Å². The first-order valence-electron chi connectivity index (χ1n) is 11.1. The average molecular weight is 451 g/mol. The molecule has 0 saturated carbocycles. The lowest BCUT2D eigenvalue weighted by Gasteiger charge is -2.17. The lowest BCUT2D eigenvalue weighted by atomic mass is 10.1. The number of hydrogen-bond acceptors (Lipinski definition) is 3. The predicted molar refractivity (Wildman–Crippen MR) is 134 cm³/mol. The number of amides is 2. The third-order valence-electron chi connectivity index (χ3n) is 5.44. The summed E-state index contributed by atoms with van der Waals surface area (Å²) in [5.74, 6) is -0.135. The SMILES string of the molecule is CC(NC(=O)c1ccccc1NC(=O)c1ccccc1OCc1ccccc1)c1ccccc1. The minimum atomic E-state index is -0.347. The van der Waals surface area contributed by atoms with Crippen LogP contribution in [0, 0.1) is 0 Å². The molecule has 0 fully saturated rings. The third kappa shape index (κ3) is 5.70. The van der Waals surface area contributed by atoms with E-state index in [1.165, 1.54) is 0 Å². The van der Waals surface area contributed by atoms with E-state index in [9.17, 15) is 9.59 Å². The summed E-state index contributed by atoms with van der Waals surface area (Å²) in [6.07, 6.45) is 0. The fourth-order valence-corrected chi connectivity index (χ4v) is 3.59. The number of nitrogens with one attached hydrogen (secondary N) is 2. The van der Waals surface area contributed by atoms with Gasteiger partial charge < -0.3 is 15.4 Å². The quantitative estimate of drug-likeness (QED) is 0.345. The molecule has 0 radical (unpaired) electrons. The molecule has 0 aliphatic heterocycles. The molecule has 0 bridgehead atoms. The van der Waals surface area contributed by atoms with E-state index < -0.39 is 0 Å². The fraction of sp³-hybridized carbons (Fsp3) is 0.103. The van der Waals surface area contributed by atoms with E-state index in [1.54, 1.807) is 42.5 Å². The topological polar surface area (TPSA) is 67.4 Å². The van der Waals surface area contributed by atoms with Gasteiger partial charge in [-0.25, -0.2) is 0 Å². The highest BCUT2D eigenvalue weighted by Crippen LogP contribution is 2.23. The smallest absolute Gasteiger partial charge is 0.259 e. The molecule has 5 heteroatoms. The number of ether oxygens (including phenoxy) is 1. The van der Waals surface area contributed by atoms with E-state index in [-0.39, 0.29) is 17.9 Å². The summed E-state index contributed by atoms with van der Waals surface area (Å²) in [7, 11) is 0. The predicted octanol–water partition coefficient (Wildman–Crippen LogP) is 6.01. The molecule has 2 amide bonds. The Kier molecular flexibility index (Phi) is 7.35. The molecule has 4 aromatic carbocycles. The van der Waals surface area contributed by atoms with Gasteiger partial charge in [-0.2, -0.15) is 0 Å². The lowest BCUT2D eigenvalue weighted by molar-refractivity contribution is 0.0940. The first-order valence-corrected chi connectivity index (χ1v) is 11.1. The van der Waals surface area contributed by atoms with Crippen LogP contribution in [0.3, 0.4) is 0 Å². The van der Waals surface area contributed by atoms with Crippen LogP contribution in [-0.4, -0.2) is 11.8 Å². The van der Waals surface area contributed by atoms with Crippen molar-refractivity contribution in [1.29, 1.82) is 0 Å². The van der Waals surface area contributed by atoms with Crippen LogP contribution in [-0.2, 0) is 6.61 Å². The molecule has 4 rings (SSSR count). The second-order valence-corrected chi connectivity index (χ2v) is 7.88. The van der Waals surface area contributed by atoms with Crippen LogP contribution < -0.4 is 15.4 Å². The molecule has 170 valence electrons. The summed E-state index contributed by atoms with van der Waals surface area (Å²) in [6.45, 7) is 2.27. The van der Waals surface area contributed by atoms with E-state index in [2.05, 4.69) is 10.6 Å². The van der Waals surface area contributed by atoms with Crippen LogP contribution in [0.1, 0.15) is 44.8 Å². The summed E-state index contributed by atoms with van der Waals surface area (Å²) in [6, 6.07) is 33.4. The first-order chi connectivity index (χ1) is 16.6. The normalized spacial score (nSPS) is 11.3. The van der Waals surface area contributed by atoms with Crippen molar-refractivity contribution in [2.24, 2.45) is 0 Å². The molecule has 5 nitrogen and oxygen atoms in total. The number of anilines is 1. The second kappa shape index (κ2) is 11.0. The molecule has 0 aromatic heterocycles. The maximum Gasteiger partial charge on any atom is 0.259 e. The Morgan fingerprint density at radius 3 is 2.03 bits per heavy atom. The molecule has 0 heterocycles. The molecule has 0 aliphatic rings. The monoisotopic (exact) mass is 450 g/mol. The van der Waals surface area contributed by atoms with Crippen molar-refractivity contribution >= 4 is 17.5 Å². The van der Waals surface area contributed by atoms with Crippen LogP contribution in [0.4, 0.5) is 5.69 Å². The first kappa shape index (κ1) is 22.8. The summed E-state index contributed by atoms with van der Waals surface area (Å²) >= 11 is 0. The van der Waals surface area contributed by atoms with Gasteiger partial charge in [-0.15, -0.1) is 0 Å². The molecule has 0 saturated heterocycles. The Morgan fingerprint density at radius 1 is 0.706 bits per heavy atom. The zero-order chi connectivity index (χ0) is 23.8. The standard InChI is InChI=1S/C29H26N2O3/c1-21(23-14-6-3-7-15-23)30-28(32)24-16-8-10-18-26(24)31-29(33)25-17-9-11-19-27(25)34-20-22-12-4-2-5-13-22/h2-19,21H,20H2,1H3,(H,30,32)(H,31,33). The van der Waals surface area contributed by atoms with Crippen molar-refractivity contribution < 1.29 is 14.3 Å². The van der Waals surface area contributed by atoms with Crippen molar-refractivity contribution in [3.8, 4) is 5.75 Å². The molecule has 34 heavy (non-hydrogen) atoms. The van der Waals surface area contributed by atoms with Crippen LogP contribution in [0.5, 0.6) is 5.75 Å². The van der Waals surface area contributed by atoms with Gasteiger partial charge >= 0.3 is 0 Å². The van der Waals surface area contributed by atoms with E-state index in [0.29, 0.717) is 29.2 Å².